The van der Waals surface area contributed by atoms with E-state index in [2.05, 4.69) is 24.5 Å². The molecule has 270 valence electrons. The summed E-state index contributed by atoms with van der Waals surface area (Å²) in [5, 5.41) is 5.69. The van der Waals surface area contributed by atoms with Gasteiger partial charge in [0.1, 0.15) is 23.3 Å². The minimum absolute atomic E-state index is 0.00294. The number of ether oxygens (including phenoxy) is 2. The van der Waals surface area contributed by atoms with Gasteiger partial charge in [0.15, 0.2) is 0 Å². The van der Waals surface area contributed by atoms with Gasteiger partial charge in [-0.1, -0.05) is 51.5 Å². The second-order valence-corrected chi connectivity index (χ2v) is 16.5. The molecule has 11 nitrogen and oxygen atoms in total. The molecular formula is C38H55N3O8. The molecule has 3 unspecified atom stereocenters. The van der Waals surface area contributed by atoms with Gasteiger partial charge in [-0.3, -0.25) is 24.0 Å². The lowest BCUT2D eigenvalue weighted by atomic mass is 9.93. The molecule has 1 saturated heterocycles. The maximum absolute atomic E-state index is 14.5. The molecule has 0 aromatic heterocycles. The van der Waals surface area contributed by atoms with Crippen LogP contribution in [-0.4, -0.2) is 76.2 Å². The van der Waals surface area contributed by atoms with Crippen LogP contribution in [-0.2, 0) is 46.3 Å². The van der Waals surface area contributed by atoms with Crippen molar-refractivity contribution in [1.82, 2.24) is 15.5 Å². The van der Waals surface area contributed by atoms with E-state index in [4.69, 9.17) is 9.47 Å². The number of carbonyl (C=O) groups excluding carboxylic acids is 6. The highest BCUT2D eigenvalue weighted by Crippen LogP contribution is 2.65. The number of amides is 3. The number of rotatable bonds is 13. The molecule has 5 atom stereocenters. The number of nitrogens with one attached hydrogen (secondary N) is 2. The number of alkyl carbamates (subject to hydrolysis) is 1. The number of ketones is 2. The fourth-order valence-electron chi connectivity index (χ4n) is 7.55. The highest BCUT2D eigenvalue weighted by atomic mass is 16.6. The Hall–Kier alpha value is -3.76. The molecule has 3 aliphatic rings. The Morgan fingerprint density at radius 3 is 2.04 bits per heavy atom. The molecule has 1 aromatic carbocycles. The number of carbonyl (C=O) groups is 6. The highest BCUT2D eigenvalue weighted by molar-refractivity contribution is 6.39. The summed E-state index contributed by atoms with van der Waals surface area (Å²) in [6.07, 6.45) is 1.30. The monoisotopic (exact) mass is 681 g/mol. The molecule has 49 heavy (non-hydrogen) atoms. The van der Waals surface area contributed by atoms with Crippen LogP contribution in [0.2, 0.25) is 0 Å². The number of hydrogen-bond donors (Lipinski definition) is 2. The third-order valence-electron chi connectivity index (χ3n) is 9.94. The summed E-state index contributed by atoms with van der Waals surface area (Å²) < 4.78 is 10.8. The van der Waals surface area contributed by atoms with Crippen LogP contribution in [0.5, 0.6) is 0 Å². The first-order valence-electron chi connectivity index (χ1n) is 17.7. The van der Waals surface area contributed by atoms with Gasteiger partial charge in [-0.15, -0.1) is 0 Å². The normalized spacial score (nSPS) is 22.3. The van der Waals surface area contributed by atoms with Crippen LogP contribution < -0.4 is 10.6 Å². The lowest BCUT2D eigenvalue weighted by Gasteiger charge is -2.35. The van der Waals surface area contributed by atoms with E-state index in [1.807, 2.05) is 31.2 Å². The van der Waals surface area contributed by atoms with Crippen molar-refractivity contribution >= 4 is 35.4 Å². The summed E-state index contributed by atoms with van der Waals surface area (Å²) in [6, 6.07) is 5.11. The average molecular weight is 682 g/mol. The van der Waals surface area contributed by atoms with Crippen molar-refractivity contribution in [2.45, 2.75) is 137 Å². The standard InChI is InChI=1S/C38H55N3O8/c1-10-14-26(32(44)27(42)17-13-18-28(43)48-36(2,3)4)39-33(45)31-29-25(38(29,8)9)21-41(31)34(46)30(40-35(47)49-37(5,6)7)24-19-22-15-11-12-16-23(22)20-24/h11-12,15-16,24-26,29-31H,10,13-14,17-21H2,1-9H3,(H,39,45)(H,40,47)/t25?,26?,29?,30-,31-/m0/s1. The molecule has 11 heteroatoms. The van der Waals surface area contributed by atoms with Gasteiger partial charge in [0.25, 0.3) is 0 Å². The van der Waals surface area contributed by atoms with Crippen molar-refractivity contribution in [2.24, 2.45) is 23.2 Å². The Kier molecular flexibility index (Phi) is 11.3. The fraction of sp³-hybridized carbons (Fsp3) is 0.684. The van der Waals surface area contributed by atoms with Gasteiger partial charge in [0.05, 0.1) is 6.04 Å². The molecule has 3 amide bonds. The largest absolute Gasteiger partial charge is 0.460 e. The summed E-state index contributed by atoms with van der Waals surface area (Å²) in [7, 11) is 0. The summed E-state index contributed by atoms with van der Waals surface area (Å²) in [6.45, 7) is 16.9. The summed E-state index contributed by atoms with van der Waals surface area (Å²) in [4.78, 5) is 81.6. The summed E-state index contributed by atoms with van der Waals surface area (Å²) in [5.41, 5.74) is 0.622. The molecule has 0 spiro atoms. The zero-order valence-electron chi connectivity index (χ0n) is 30.6. The van der Waals surface area contributed by atoms with Crippen molar-refractivity contribution in [3.8, 4) is 0 Å². The molecule has 1 aliphatic heterocycles. The van der Waals surface area contributed by atoms with Gasteiger partial charge in [-0.25, -0.2) is 4.79 Å². The van der Waals surface area contributed by atoms with E-state index in [1.54, 1.807) is 46.4 Å². The number of benzene rings is 1. The van der Waals surface area contributed by atoms with Crippen LogP contribution >= 0.6 is 0 Å². The van der Waals surface area contributed by atoms with Crippen LogP contribution in [0.25, 0.3) is 0 Å². The third kappa shape index (κ3) is 9.28. The molecular weight excluding hydrogens is 626 g/mol. The minimum Gasteiger partial charge on any atom is -0.460 e. The van der Waals surface area contributed by atoms with Crippen LogP contribution in [0.4, 0.5) is 4.79 Å². The second kappa shape index (κ2) is 14.6. The predicted octanol–water partition coefficient (Wildman–Crippen LogP) is 4.71. The lowest BCUT2D eigenvalue weighted by Crippen LogP contribution is -2.59. The minimum atomic E-state index is -1.05. The number of Topliss-reactive ketones (excluding diaryl/α,β-unsaturated/α-hetero) is 2. The molecule has 4 rings (SSSR count). The summed E-state index contributed by atoms with van der Waals surface area (Å²) >= 11 is 0. The van der Waals surface area contributed by atoms with Gasteiger partial charge >= 0.3 is 12.1 Å². The van der Waals surface area contributed by atoms with Gasteiger partial charge in [-0.2, -0.15) is 0 Å². The molecule has 1 aromatic rings. The van der Waals surface area contributed by atoms with E-state index < -0.39 is 58.9 Å². The van der Waals surface area contributed by atoms with Crippen molar-refractivity contribution < 1.29 is 38.2 Å². The maximum Gasteiger partial charge on any atom is 0.408 e. The van der Waals surface area contributed by atoms with Crippen molar-refractivity contribution in [3.63, 3.8) is 0 Å². The topological polar surface area (TPSA) is 148 Å². The van der Waals surface area contributed by atoms with E-state index in [0.29, 0.717) is 25.8 Å². The average Bonchev–Trinajstić information content (AvgIpc) is 3.33. The van der Waals surface area contributed by atoms with E-state index in [-0.39, 0.29) is 54.8 Å². The Bertz CT molecular complexity index is 1430. The molecule has 1 saturated carbocycles. The SMILES string of the molecule is CCCC(NC(=O)[C@@H]1C2C(CN1C(=O)[C@@H](NC(=O)OC(C)(C)C)C1Cc3ccccc3C1)C2(C)C)C(=O)C(=O)CCCC(=O)OC(C)(C)C. The lowest BCUT2D eigenvalue weighted by molar-refractivity contribution is -0.155. The summed E-state index contributed by atoms with van der Waals surface area (Å²) in [5.74, 6) is -2.96. The Morgan fingerprint density at radius 1 is 0.898 bits per heavy atom. The van der Waals surface area contributed by atoms with E-state index in [1.165, 1.54) is 0 Å². The number of esters is 1. The zero-order valence-corrected chi connectivity index (χ0v) is 30.6. The van der Waals surface area contributed by atoms with Gasteiger partial charge in [0.2, 0.25) is 23.4 Å². The van der Waals surface area contributed by atoms with Crippen molar-refractivity contribution in [2.75, 3.05) is 6.54 Å². The molecule has 0 radical (unpaired) electrons. The van der Waals surface area contributed by atoms with Gasteiger partial charge < -0.3 is 25.0 Å². The first-order chi connectivity index (χ1) is 22.7. The van der Waals surface area contributed by atoms with Crippen LogP contribution in [0.3, 0.4) is 0 Å². The molecule has 2 aliphatic carbocycles. The van der Waals surface area contributed by atoms with E-state index >= 15 is 0 Å². The van der Waals surface area contributed by atoms with Gasteiger partial charge in [0, 0.05) is 19.4 Å². The van der Waals surface area contributed by atoms with Crippen LogP contribution in [0.1, 0.15) is 106 Å². The van der Waals surface area contributed by atoms with Crippen molar-refractivity contribution in [3.05, 3.63) is 35.4 Å². The Balaban J connectivity index is 1.50. The molecule has 2 fully saturated rings. The maximum atomic E-state index is 14.5. The third-order valence-corrected chi connectivity index (χ3v) is 9.94. The van der Waals surface area contributed by atoms with Crippen LogP contribution in [0.15, 0.2) is 24.3 Å². The highest BCUT2D eigenvalue weighted by Gasteiger charge is 2.69. The zero-order chi connectivity index (χ0) is 36.5. The predicted molar refractivity (Wildman–Crippen MR) is 183 cm³/mol. The second-order valence-electron chi connectivity index (χ2n) is 16.5. The molecule has 0 bridgehead atoms. The van der Waals surface area contributed by atoms with Crippen LogP contribution in [0, 0.1) is 23.2 Å². The van der Waals surface area contributed by atoms with E-state index in [9.17, 15) is 28.8 Å². The fourth-order valence-corrected chi connectivity index (χ4v) is 7.55. The smallest absolute Gasteiger partial charge is 0.408 e. The quantitative estimate of drug-likeness (QED) is 0.225. The van der Waals surface area contributed by atoms with Gasteiger partial charge in [-0.05, 0) is 102 Å². The number of likely N-dealkylation sites (tertiary alicyclic amines) is 1. The number of nitrogens with zero attached hydrogens (tertiary/aromatic N) is 1. The molecule has 1 heterocycles. The van der Waals surface area contributed by atoms with Crippen molar-refractivity contribution in [1.29, 1.82) is 0 Å². The van der Waals surface area contributed by atoms with E-state index in [0.717, 1.165) is 11.1 Å². The number of hydrogen-bond acceptors (Lipinski definition) is 8. The first-order valence-corrected chi connectivity index (χ1v) is 17.7. The first kappa shape index (κ1) is 38.0. The Morgan fingerprint density at radius 2 is 1.49 bits per heavy atom. The number of piperidine rings is 1. The number of fused-ring (bicyclic) bond motifs is 2. The molecule has 2 N–H and O–H groups in total. The Labute approximate surface area is 290 Å².